The zero-order valence-electron chi connectivity index (χ0n) is 21.2. The highest BCUT2D eigenvalue weighted by Gasteiger charge is 2.63. The summed E-state index contributed by atoms with van der Waals surface area (Å²) in [7, 11) is -3.56. The van der Waals surface area contributed by atoms with E-state index < -0.39 is 74.3 Å². The van der Waals surface area contributed by atoms with E-state index in [0.29, 0.717) is 11.1 Å². The SMILES string of the molecule is CS(=O)(=O)CC(=O)N1CC2(C1)OCc1cc(C3=NO[C@@](c4cc(C(F)(F)F)cc(C(F)(F)F)c4)(C(F)(F)F)C3)ccc12. The molecule has 3 aliphatic heterocycles. The van der Waals surface area contributed by atoms with Crippen molar-refractivity contribution in [1.29, 1.82) is 0 Å². The normalized spacial score (nSPS) is 22.0. The maximum atomic E-state index is 14.4. The van der Waals surface area contributed by atoms with Crippen LogP contribution in [0.1, 0.15) is 39.8 Å². The molecule has 1 fully saturated rings. The maximum Gasteiger partial charge on any atom is 0.435 e. The minimum absolute atomic E-state index is 0.0294. The van der Waals surface area contributed by atoms with E-state index in [2.05, 4.69) is 9.99 Å². The Hall–Kier alpha value is -3.34. The zero-order valence-corrected chi connectivity index (χ0v) is 22.1. The summed E-state index contributed by atoms with van der Waals surface area (Å²) >= 11 is 0. The maximum absolute atomic E-state index is 14.4. The lowest BCUT2D eigenvalue weighted by Crippen LogP contribution is -2.62. The van der Waals surface area contributed by atoms with Crippen LogP contribution in [0, 0.1) is 0 Å². The predicted octanol–water partition coefficient (Wildman–Crippen LogP) is 4.92. The fraction of sp³-hybridized carbons (Fsp3) is 0.440. The van der Waals surface area contributed by atoms with Gasteiger partial charge in [-0.05, 0) is 41.0 Å². The van der Waals surface area contributed by atoms with Crippen LogP contribution in [-0.4, -0.2) is 56.2 Å². The number of nitrogens with zero attached hydrogens (tertiary/aromatic N) is 2. The van der Waals surface area contributed by atoms with Gasteiger partial charge in [-0.3, -0.25) is 4.79 Å². The topological polar surface area (TPSA) is 85.3 Å². The Labute approximate surface area is 231 Å². The number of oxime groups is 1. The number of fused-ring (bicyclic) bond motifs is 2. The molecule has 3 heterocycles. The smallest absolute Gasteiger partial charge is 0.374 e. The lowest BCUT2D eigenvalue weighted by molar-refractivity contribution is -0.276. The summed E-state index contributed by atoms with van der Waals surface area (Å²) < 4.78 is 152. The summed E-state index contributed by atoms with van der Waals surface area (Å²) in [5.74, 6) is -1.31. The second kappa shape index (κ2) is 9.33. The molecule has 2 aromatic rings. The third-order valence-electron chi connectivity index (χ3n) is 7.30. The van der Waals surface area contributed by atoms with Gasteiger partial charge in [0.1, 0.15) is 11.4 Å². The minimum Gasteiger partial charge on any atom is -0.374 e. The lowest BCUT2D eigenvalue weighted by Gasteiger charge is -2.47. The van der Waals surface area contributed by atoms with E-state index in [1.807, 2.05) is 0 Å². The number of rotatable bonds is 4. The molecule has 1 amide bonds. The lowest BCUT2D eigenvalue weighted by atomic mass is 9.82. The molecular formula is C25H19F9N2O5S. The highest BCUT2D eigenvalue weighted by Crippen LogP contribution is 2.51. The molecule has 5 rings (SSSR count). The Morgan fingerprint density at radius 3 is 2.07 bits per heavy atom. The number of carbonyl (C=O) groups excluding carboxylic acids is 1. The largest absolute Gasteiger partial charge is 0.435 e. The van der Waals surface area contributed by atoms with Gasteiger partial charge in [0.05, 0.1) is 36.5 Å². The van der Waals surface area contributed by atoms with Crippen LogP contribution in [0.4, 0.5) is 39.5 Å². The monoisotopic (exact) mass is 630 g/mol. The van der Waals surface area contributed by atoms with Crippen LogP contribution in [0.25, 0.3) is 0 Å². The van der Waals surface area contributed by atoms with Crippen molar-refractivity contribution in [2.45, 2.75) is 42.8 Å². The van der Waals surface area contributed by atoms with Gasteiger partial charge in [-0.15, -0.1) is 0 Å². The van der Waals surface area contributed by atoms with E-state index in [0.717, 1.165) is 6.26 Å². The molecule has 228 valence electrons. The highest BCUT2D eigenvalue weighted by molar-refractivity contribution is 7.91. The predicted molar refractivity (Wildman–Crippen MR) is 126 cm³/mol. The van der Waals surface area contributed by atoms with Crippen LogP contribution in [0.15, 0.2) is 41.6 Å². The molecule has 7 nitrogen and oxygen atoms in total. The number of sulfone groups is 1. The first kappa shape index (κ1) is 30.1. The van der Waals surface area contributed by atoms with Gasteiger partial charge in [-0.2, -0.15) is 39.5 Å². The van der Waals surface area contributed by atoms with Gasteiger partial charge in [0.15, 0.2) is 9.84 Å². The number of ether oxygens (including phenoxy) is 1. The summed E-state index contributed by atoms with van der Waals surface area (Å²) in [5, 5.41) is 3.43. The molecule has 0 bridgehead atoms. The molecule has 3 aliphatic rings. The molecule has 0 aromatic heterocycles. The fourth-order valence-electron chi connectivity index (χ4n) is 5.20. The third kappa shape index (κ3) is 5.20. The third-order valence-corrected chi connectivity index (χ3v) is 8.08. The summed E-state index contributed by atoms with van der Waals surface area (Å²) in [5.41, 5.74) is -9.10. The number of hydrogen-bond donors (Lipinski definition) is 0. The first-order valence-electron chi connectivity index (χ1n) is 12.0. The van der Waals surface area contributed by atoms with Gasteiger partial charge in [-0.25, -0.2) is 8.42 Å². The number of carbonyl (C=O) groups is 1. The van der Waals surface area contributed by atoms with Crippen LogP contribution < -0.4 is 0 Å². The summed E-state index contributed by atoms with van der Waals surface area (Å²) in [6.07, 6.45) is -16.5. The Kier molecular flexibility index (Phi) is 6.69. The molecule has 0 N–H and O–H groups in total. The summed E-state index contributed by atoms with van der Waals surface area (Å²) in [4.78, 5) is 18.1. The van der Waals surface area contributed by atoms with Crippen molar-refractivity contribution in [1.82, 2.24) is 4.90 Å². The summed E-state index contributed by atoms with van der Waals surface area (Å²) in [6.45, 7) is 0.0382. The second-order valence-corrected chi connectivity index (χ2v) is 12.5. The summed E-state index contributed by atoms with van der Waals surface area (Å²) in [6, 6.07) is 3.91. The van der Waals surface area contributed by atoms with Crippen molar-refractivity contribution in [3.8, 4) is 0 Å². The molecule has 0 saturated carbocycles. The molecule has 0 unspecified atom stereocenters. The van der Waals surface area contributed by atoms with Crippen molar-refractivity contribution >= 4 is 21.5 Å². The van der Waals surface area contributed by atoms with Gasteiger partial charge < -0.3 is 14.5 Å². The molecule has 1 spiro atoms. The second-order valence-electron chi connectivity index (χ2n) is 10.4. The van der Waals surface area contributed by atoms with Gasteiger partial charge >= 0.3 is 18.5 Å². The van der Waals surface area contributed by atoms with Crippen LogP contribution in [0.3, 0.4) is 0 Å². The number of alkyl halides is 9. The Morgan fingerprint density at radius 2 is 1.55 bits per heavy atom. The number of hydrogen-bond acceptors (Lipinski definition) is 6. The van der Waals surface area contributed by atoms with Gasteiger partial charge in [0.2, 0.25) is 5.91 Å². The quantitative estimate of drug-likeness (QED) is 0.448. The van der Waals surface area contributed by atoms with Gasteiger partial charge in [0.25, 0.3) is 5.60 Å². The highest BCUT2D eigenvalue weighted by atomic mass is 32.2. The van der Waals surface area contributed by atoms with Crippen molar-refractivity contribution in [2.24, 2.45) is 5.16 Å². The molecule has 17 heteroatoms. The Morgan fingerprint density at radius 1 is 0.952 bits per heavy atom. The molecule has 0 aliphatic carbocycles. The van der Waals surface area contributed by atoms with Crippen molar-refractivity contribution in [2.75, 3.05) is 25.1 Å². The Balaban J connectivity index is 1.43. The van der Waals surface area contributed by atoms with Crippen LogP contribution in [0.5, 0.6) is 0 Å². The molecule has 42 heavy (non-hydrogen) atoms. The molecule has 0 radical (unpaired) electrons. The van der Waals surface area contributed by atoms with Crippen molar-refractivity contribution < 1.29 is 62.3 Å². The van der Waals surface area contributed by atoms with E-state index in [-0.39, 0.29) is 49.2 Å². The number of benzene rings is 2. The Bertz CT molecular complexity index is 1560. The fourth-order valence-corrected chi connectivity index (χ4v) is 5.83. The van der Waals surface area contributed by atoms with E-state index >= 15 is 0 Å². The van der Waals surface area contributed by atoms with E-state index in [1.165, 1.54) is 23.1 Å². The van der Waals surface area contributed by atoms with E-state index in [1.54, 1.807) is 0 Å². The average Bonchev–Trinajstić information content (AvgIpc) is 3.43. The van der Waals surface area contributed by atoms with Crippen molar-refractivity contribution in [3.05, 3.63) is 69.8 Å². The van der Waals surface area contributed by atoms with Gasteiger partial charge in [-0.1, -0.05) is 17.3 Å². The van der Waals surface area contributed by atoms with Crippen molar-refractivity contribution in [3.63, 3.8) is 0 Å². The minimum atomic E-state index is -5.47. The molecular weight excluding hydrogens is 611 g/mol. The standard InChI is InChI=1S/C25H19F9N2O5S/c1-42(38,39)10-20(37)36-11-21(12-36)18-3-2-13(4-14(18)9-40-21)19-8-22(41-35-19,25(32,33)34)15-5-16(23(26,27)28)7-17(6-15)24(29,30)31/h2-7H,8-12H2,1H3/t22-/m0/s1. The molecule has 1 saturated heterocycles. The average molecular weight is 630 g/mol. The first-order valence-corrected chi connectivity index (χ1v) is 14.0. The van der Waals surface area contributed by atoms with E-state index in [4.69, 9.17) is 4.74 Å². The number of likely N-dealkylation sites (tertiary alicyclic amines) is 1. The molecule has 1 atom stereocenters. The first-order chi connectivity index (χ1) is 19.1. The van der Waals surface area contributed by atoms with E-state index in [9.17, 15) is 52.7 Å². The number of halogens is 9. The number of amides is 1. The van der Waals surface area contributed by atoms with Crippen LogP contribution in [0.2, 0.25) is 0 Å². The zero-order chi connectivity index (χ0) is 31.1. The molecule has 2 aromatic carbocycles. The van der Waals surface area contributed by atoms with Crippen LogP contribution >= 0.6 is 0 Å². The van der Waals surface area contributed by atoms with Gasteiger partial charge in [0, 0.05) is 18.2 Å². The van der Waals surface area contributed by atoms with Crippen LogP contribution in [-0.2, 0) is 54.4 Å².